The molecule has 2 atom stereocenters. The number of ether oxygens (including phenoxy) is 2. The first-order valence-corrected chi connectivity index (χ1v) is 6.59. The Kier molecular flexibility index (Phi) is 4.86. The molecular weight excluding hydrogens is 260 g/mol. The Bertz CT molecular complexity index is 451. The van der Waals surface area contributed by atoms with E-state index in [4.69, 9.17) is 4.74 Å². The van der Waals surface area contributed by atoms with Crippen LogP contribution in [0, 0.1) is 0 Å². The molecule has 1 aromatic heterocycles. The number of likely N-dealkylation sites (N-methyl/N-ethyl adjacent to an activating group) is 1. The fourth-order valence-electron chi connectivity index (χ4n) is 2.06. The Morgan fingerprint density at radius 3 is 2.95 bits per heavy atom. The molecule has 1 saturated heterocycles. The lowest BCUT2D eigenvalue weighted by Gasteiger charge is -2.34. The molecule has 0 amide bonds. The molecule has 1 aromatic rings. The van der Waals surface area contributed by atoms with Gasteiger partial charge in [-0.15, -0.1) is 10.2 Å². The van der Waals surface area contributed by atoms with Gasteiger partial charge in [0.1, 0.15) is 5.82 Å². The molecule has 1 aliphatic rings. The minimum atomic E-state index is -0.491. The maximum atomic E-state index is 11.3. The van der Waals surface area contributed by atoms with Gasteiger partial charge in [0.25, 0.3) is 0 Å². The Morgan fingerprint density at radius 2 is 2.35 bits per heavy atom. The second kappa shape index (κ2) is 6.62. The Labute approximate surface area is 118 Å². The number of methoxy groups -OCH3 is 1. The van der Waals surface area contributed by atoms with Gasteiger partial charge in [-0.25, -0.2) is 4.79 Å². The van der Waals surface area contributed by atoms with Gasteiger partial charge in [-0.05, 0) is 26.1 Å². The molecule has 2 unspecified atom stereocenters. The number of esters is 1. The Morgan fingerprint density at radius 1 is 1.55 bits per heavy atom. The van der Waals surface area contributed by atoms with E-state index >= 15 is 0 Å². The van der Waals surface area contributed by atoms with E-state index in [-0.39, 0.29) is 17.8 Å². The lowest BCUT2D eigenvalue weighted by Crippen LogP contribution is -2.47. The van der Waals surface area contributed by atoms with Crippen LogP contribution in [0.5, 0.6) is 0 Å². The van der Waals surface area contributed by atoms with Gasteiger partial charge >= 0.3 is 5.97 Å². The predicted molar refractivity (Wildman–Crippen MR) is 73.7 cm³/mol. The van der Waals surface area contributed by atoms with Crippen molar-refractivity contribution in [2.75, 3.05) is 39.2 Å². The summed E-state index contributed by atoms with van der Waals surface area (Å²) in [6, 6.07) is 3.40. The summed E-state index contributed by atoms with van der Waals surface area (Å²) in [7, 11) is 3.39. The zero-order valence-corrected chi connectivity index (χ0v) is 12.0. The highest BCUT2D eigenvalue weighted by Crippen LogP contribution is 2.12. The van der Waals surface area contributed by atoms with E-state index < -0.39 is 5.97 Å². The summed E-state index contributed by atoms with van der Waals surface area (Å²) in [6.07, 6.45) is 0.107. The highest BCUT2D eigenvalue weighted by molar-refractivity contribution is 5.86. The maximum Gasteiger partial charge on any atom is 0.358 e. The second-order valence-corrected chi connectivity index (χ2v) is 4.90. The summed E-state index contributed by atoms with van der Waals surface area (Å²) in [5, 5.41) is 11.0. The van der Waals surface area contributed by atoms with Crippen LogP contribution in [-0.4, -0.2) is 67.1 Å². The van der Waals surface area contributed by atoms with Crippen LogP contribution < -0.4 is 5.32 Å². The highest BCUT2D eigenvalue weighted by atomic mass is 16.5. The standard InChI is InChI=1S/C13H20N4O3/c1-9(11-8-17(2)6-7-20-11)14-12-5-4-10(15-16-12)13(18)19-3/h4-5,9,11H,6-8H2,1-3H3,(H,14,16). The SMILES string of the molecule is COC(=O)c1ccc(NC(C)C2CN(C)CCO2)nn1. The molecule has 0 bridgehead atoms. The van der Waals surface area contributed by atoms with Gasteiger partial charge in [-0.1, -0.05) is 0 Å². The molecule has 1 aliphatic heterocycles. The number of anilines is 1. The molecule has 0 saturated carbocycles. The third kappa shape index (κ3) is 3.64. The van der Waals surface area contributed by atoms with Crippen molar-refractivity contribution in [1.82, 2.24) is 15.1 Å². The van der Waals surface area contributed by atoms with Crippen molar-refractivity contribution < 1.29 is 14.3 Å². The molecule has 0 radical (unpaired) electrons. The van der Waals surface area contributed by atoms with Crippen LogP contribution >= 0.6 is 0 Å². The van der Waals surface area contributed by atoms with Crippen molar-refractivity contribution in [3.63, 3.8) is 0 Å². The molecule has 0 aromatic carbocycles. The third-order valence-electron chi connectivity index (χ3n) is 3.29. The van der Waals surface area contributed by atoms with Gasteiger partial charge in [0.15, 0.2) is 5.69 Å². The lowest BCUT2D eigenvalue weighted by molar-refractivity contribution is -0.0260. The van der Waals surface area contributed by atoms with E-state index in [1.54, 1.807) is 12.1 Å². The zero-order chi connectivity index (χ0) is 14.5. The van der Waals surface area contributed by atoms with Crippen molar-refractivity contribution in [3.05, 3.63) is 17.8 Å². The van der Waals surface area contributed by atoms with Crippen LogP contribution in [-0.2, 0) is 9.47 Å². The number of hydrogen-bond donors (Lipinski definition) is 1. The van der Waals surface area contributed by atoms with E-state index in [9.17, 15) is 4.79 Å². The monoisotopic (exact) mass is 280 g/mol. The van der Waals surface area contributed by atoms with Crippen LogP contribution in [0.15, 0.2) is 12.1 Å². The largest absolute Gasteiger partial charge is 0.464 e. The number of hydrogen-bond acceptors (Lipinski definition) is 7. The molecule has 1 N–H and O–H groups in total. The van der Waals surface area contributed by atoms with Crippen LogP contribution in [0.2, 0.25) is 0 Å². The fourth-order valence-corrected chi connectivity index (χ4v) is 2.06. The van der Waals surface area contributed by atoms with Gasteiger partial charge in [0, 0.05) is 13.1 Å². The average Bonchev–Trinajstić information content (AvgIpc) is 2.47. The summed E-state index contributed by atoms with van der Waals surface area (Å²) in [4.78, 5) is 13.5. The number of aromatic nitrogens is 2. The zero-order valence-electron chi connectivity index (χ0n) is 12.0. The molecule has 20 heavy (non-hydrogen) atoms. The first-order chi connectivity index (χ1) is 9.60. The van der Waals surface area contributed by atoms with Gasteiger partial charge in [0.2, 0.25) is 0 Å². The summed E-state index contributed by atoms with van der Waals surface area (Å²) in [6.45, 7) is 4.61. The van der Waals surface area contributed by atoms with E-state index in [0.717, 1.165) is 19.7 Å². The summed E-state index contributed by atoms with van der Waals surface area (Å²) < 4.78 is 10.3. The molecule has 2 rings (SSSR count). The highest BCUT2D eigenvalue weighted by Gasteiger charge is 2.23. The van der Waals surface area contributed by atoms with E-state index in [1.807, 2.05) is 6.92 Å². The minimum absolute atomic E-state index is 0.107. The van der Waals surface area contributed by atoms with Crippen molar-refractivity contribution in [3.8, 4) is 0 Å². The number of nitrogens with zero attached hydrogens (tertiary/aromatic N) is 3. The predicted octanol–water partition coefficient (Wildman–Crippen LogP) is 0.394. The van der Waals surface area contributed by atoms with Gasteiger partial charge < -0.3 is 19.7 Å². The molecule has 2 heterocycles. The average molecular weight is 280 g/mol. The second-order valence-electron chi connectivity index (χ2n) is 4.90. The van der Waals surface area contributed by atoms with Crippen LogP contribution in [0.4, 0.5) is 5.82 Å². The number of carbonyl (C=O) groups excluding carboxylic acids is 1. The van der Waals surface area contributed by atoms with Crippen LogP contribution in [0.3, 0.4) is 0 Å². The van der Waals surface area contributed by atoms with Gasteiger partial charge in [0.05, 0.1) is 25.9 Å². The van der Waals surface area contributed by atoms with Gasteiger partial charge in [-0.3, -0.25) is 0 Å². The van der Waals surface area contributed by atoms with Crippen molar-refractivity contribution in [1.29, 1.82) is 0 Å². The smallest absolute Gasteiger partial charge is 0.358 e. The molecule has 7 nitrogen and oxygen atoms in total. The fraction of sp³-hybridized carbons (Fsp3) is 0.615. The first-order valence-electron chi connectivity index (χ1n) is 6.59. The molecule has 7 heteroatoms. The first kappa shape index (κ1) is 14.7. The molecule has 0 aliphatic carbocycles. The van der Waals surface area contributed by atoms with Crippen molar-refractivity contribution >= 4 is 11.8 Å². The summed E-state index contributed by atoms with van der Waals surface area (Å²) in [5.41, 5.74) is 0.194. The van der Waals surface area contributed by atoms with E-state index in [0.29, 0.717) is 5.82 Å². The maximum absolute atomic E-state index is 11.3. The molecule has 110 valence electrons. The number of rotatable bonds is 4. The normalized spacial score (nSPS) is 21.2. The quantitative estimate of drug-likeness (QED) is 0.800. The Balaban J connectivity index is 1.93. The summed E-state index contributed by atoms with van der Waals surface area (Å²) in [5.74, 6) is 0.122. The number of carbonyl (C=O) groups is 1. The lowest BCUT2D eigenvalue weighted by atomic mass is 10.1. The van der Waals surface area contributed by atoms with E-state index in [1.165, 1.54) is 7.11 Å². The van der Waals surface area contributed by atoms with Gasteiger partial charge in [-0.2, -0.15) is 0 Å². The Hall–Kier alpha value is -1.73. The minimum Gasteiger partial charge on any atom is -0.464 e. The number of morpholine rings is 1. The molecular formula is C13H20N4O3. The third-order valence-corrected chi connectivity index (χ3v) is 3.29. The summed E-state index contributed by atoms with van der Waals surface area (Å²) >= 11 is 0. The topological polar surface area (TPSA) is 76.6 Å². The van der Waals surface area contributed by atoms with Crippen molar-refractivity contribution in [2.24, 2.45) is 0 Å². The van der Waals surface area contributed by atoms with E-state index in [2.05, 4.69) is 32.2 Å². The molecule has 0 spiro atoms. The molecule has 1 fully saturated rings. The van der Waals surface area contributed by atoms with Crippen LogP contribution in [0.25, 0.3) is 0 Å². The van der Waals surface area contributed by atoms with Crippen molar-refractivity contribution in [2.45, 2.75) is 19.1 Å². The van der Waals surface area contributed by atoms with Crippen LogP contribution in [0.1, 0.15) is 17.4 Å². The number of nitrogens with one attached hydrogen (secondary N) is 1.